The van der Waals surface area contributed by atoms with Gasteiger partial charge in [-0.25, -0.2) is 0 Å². The van der Waals surface area contributed by atoms with Gasteiger partial charge in [0, 0.05) is 43.5 Å². The monoisotopic (exact) mass is 477 g/mol. The zero-order valence-electron chi connectivity index (χ0n) is 18.4. The standard InChI is InChI=1S/C23H22F3N3O5/c1-12-17-16(33-2)11-15(30)18(21(27)31)20(17)34-19(12)22(32)29-8-6-28(7-9-29)14-5-3-4-13(10-14)23(24,25)26/h3-5,10-11,30H,6-9H2,1-2H3,(H2,27,31). The fourth-order valence-corrected chi connectivity index (χ4v) is 4.16. The third kappa shape index (κ3) is 3.97. The van der Waals surface area contributed by atoms with Crippen LogP contribution in [0.1, 0.15) is 32.0 Å². The molecule has 2 heterocycles. The van der Waals surface area contributed by atoms with E-state index in [1.807, 2.05) is 0 Å². The number of furan rings is 1. The quantitative estimate of drug-likeness (QED) is 0.595. The van der Waals surface area contributed by atoms with Gasteiger partial charge >= 0.3 is 6.18 Å². The van der Waals surface area contributed by atoms with Crippen molar-refractivity contribution in [2.24, 2.45) is 5.73 Å². The molecule has 1 aliphatic heterocycles. The van der Waals surface area contributed by atoms with E-state index in [1.165, 1.54) is 24.1 Å². The fraction of sp³-hybridized carbons (Fsp3) is 0.304. The van der Waals surface area contributed by atoms with E-state index < -0.39 is 29.3 Å². The van der Waals surface area contributed by atoms with Gasteiger partial charge in [-0.1, -0.05) is 6.07 Å². The number of aryl methyl sites for hydroxylation is 1. The molecule has 180 valence electrons. The lowest BCUT2D eigenvalue weighted by molar-refractivity contribution is -0.137. The predicted octanol–water partition coefficient (Wildman–Crippen LogP) is 3.54. The maximum absolute atomic E-state index is 13.2. The molecule has 2 amide bonds. The van der Waals surface area contributed by atoms with Crippen molar-refractivity contribution in [1.29, 1.82) is 0 Å². The van der Waals surface area contributed by atoms with Crippen LogP contribution in [0.25, 0.3) is 11.0 Å². The SMILES string of the molecule is COc1cc(O)c(C(N)=O)c2oc(C(=O)N3CCN(c4cccc(C(F)(F)F)c4)CC3)c(C)c12. The Kier molecular flexibility index (Phi) is 5.80. The van der Waals surface area contributed by atoms with Gasteiger partial charge in [-0.15, -0.1) is 0 Å². The Hall–Kier alpha value is -3.89. The second-order valence-electron chi connectivity index (χ2n) is 7.92. The first-order chi connectivity index (χ1) is 16.0. The highest BCUT2D eigenvalue weighted by atomic mass is 19.4. The van der Waals surface area contributed by atoms with Crippen LogP contribution in [-0.4, -0.2) is 55.1 Å². The van der Waals surface area contributed by atoms with Crippen LogP contribution in [0.5, 0.6) is 11.5 Å². The summed E-state index contributed by atoms with van der Waals surface area (Å²) in [6, 6.07) is 6.28. The highest BCUT2D eigenvalue weighted by Gasteiger charge is 2.33. The highest BCUT2D eigenvalue weighted by molar-refractivity contribution is 6.11. The first-order valence-electron chi connectivity index (χ1n) is 10.4. The van der Waals surface area contributed by atoms with Crippen molar-refractivity contribution < 1.29 is 37.0 Å². The molecule has 34 heavy (non-hydrogen) atoms. The molecule has 0 bridgehead atoms. The first kappa shape index (κ1) is 23.3. The topological polar surface area (TPSA) is 109 Å². The number of rotatable bonds is 4. The molecule has 0 radical (unpaired) electrons. The minimum absolute atomic E-state index is 0.0334. The number of amides is 2. The number of piperazine rings is 1. The minimum atomic E-state index is -4.44. The molecule has 4 rings (SSSR count). The van der Waals surface area contributed by atoms with Gasteiger partial charge in [0.2, 0.25) is 0 Å². The van der Waals surface area contributed by atoms with E-state index in [4.69, 9.17) is 14.9 Å². The van der Waals surface area contributed by atoms with Crippen molar-refractivity contribution in [2.75, 3.05) is 38.2 Å². The summed E-state index contributed by atoms with van der Waals surface area (Å²) in [4.78, 5) is 28.4. The van der Waals surface area contributed by atoms with E-state index in [0.717, 1.165) is 12.1 Å². The number of alkyl halides is 3. The van der Waals surface area contributed by atoms with Crippen molar-refractivity contribution >= 4 is 28.5 Å². The number of benzene rings is 2. The Bertz CT molecular complexity index is 1280. The molecule has 8 nitrogen and oxygen atoms in total. The summed E-state index contributed by atoms with van der Waals surface area (Å²) in [7, 11) is 1.37. The summed E-state index contributed by atoms with van der Waals surface area (Å²) in [5.74, 6) is -1.62. The molecule has 2 aromatic carbocycles. The van der Waals surface area contributed by atoms with E-state index in [9.17, 15) is 27.9 Å². The fourth-order valence-electron chi connectivity index (χ4n) is 4.16. The van der Waals surface area contributed by atoms with Crippen molar-refractivity contribution in [3.8, 4) is 11.5 Å². The number of phenols is 1. The van der Waals surface area contributed by atoms with Gasteiger partial charge in [0.15, 0.2) is 11.3 Å². The van der Waals surface area contributed by atoms with Crippen molar-refractivity contribution in [3.63, 3.8) is 0 Å². The maximum atomic E-state index is 13.2. The van der Waals surface area contributed by atoms with E-state index in [2.05, 4.69) is 0 Å². The summed E-state index contributed by atoms with van der Waals surface area (Å²) in [5, 5.41) is 10.5. The lowest BCUT2D eigenvalue weighted by Crippen LogP contribution is -2.48. The van der Waals surface area contributed by atoms with Gasteiger partial charge < -0.3 is 29.8 Å². The zero-order chi connectivity index (χ0) is 24.8. The Morgan fingerprint density at radius 1 is 1.15 bits per heavy atom. The smallest absolute Gasteiger partial charge is 0.416 e. The van der Waals surface area contributed by atoms with Gasteiger partial charge in [-0.3, -0.25) is 9.59 Å². The first-order valence-corrected chi connectivity index (χ1v) is 10.4. The van der Waals surface area contributed by atoms with E-state index in [0.29, 0.717) is 29.7 Å². The molecular formula is C23H22F3N3O5. The molecule has 0 saturated carbocycles. The lowest BCUT2D eigenvalue weighted by Gasteiger charge is -2.36. The van der Waals surface area contributed by atoms with Gasteiger partial charge in [0.25, 0.3) is 11.8 Å². The number of primary amides is 1. The van der Waals surface area contributed by atoms with Gasteiger partial charge in [-0.2, -0.15) is 13.2 Å². The van der Waals surface area contributed by atoms with Crippen LogP contribution in [0.4, 0.5) is 18.9 Å². The maximum Gasteiger partial charge on any atom is 0.416 e. The number of nitrogens with zero attached hydrogens (tertiary/aromatic N) is 2. The summed E-state index contributed by atoms with van der Waals surface area (Å²) < 4.78 is 50.1. The van der Waals surface area contributed by atoms with Crippen LogP contribution in [-0.2, 0) is 6.18 Å². The molecular weight excluding hydrogens is 455 g/mol. The minimum Gasteiger partial charge on any atom is -0.507 e. The number of aromatic hydroxyl groups is 1. The number of carbonyl (C=O) groups is 2. The molecule has 1 aromatic heterocycles. The molecule has 1 fully saturated rings. The number of fused-ring (bicyclic) bond motifs is 1. The molecule has 3 aromatic rings. The Morgan fingerprint density at radius 3 is 2.41 bits per heavy atom. The number of methoxy groups -OCH3 is 1. The second kappa shape index (κ2) is 8.47. The summed E-state index contributed by atoms with van der Waals surface area (Å²) >= 11 is 0. The van der Waals surface area contributed by atoms with E-state index in [1.54, 1.807) is 17.9 Å². The molecule has 0 spiro atoms. The summed E-state index contributed by atoms with van der Waals surface area (Å²) in [5.41, 5.74) is 5.19. The average Bonchev–Trinajstić information content (AvgIpc) is 3.14. The van der Waals surface area contributed by atoms with Crippen molar-refractivity contribution in [3.05, 3.63) is 52.8 Å². The number of anilines is 1. The average molecular weight is 477 g/mol. The Balaban J connectivity index is 1.59. The normalized spacial score (nSPS) is 14.5. The number of hydrogen-bond donors (Lipinski definition) is 2. The van der Waals surface area contributed by atoms with E-state index >= 15 is 0 Å². The van der Waals surface area contributed by atoms with Gasteiger partial charge in [0.05, 0.1) is 18.1 Å². The molecule has 1 saturated heterocycles. The third-order valence-corrected chi connectivity index (χ3v) is 5.91. The number of halogens is 3. The van der Waals surface area contributed by atoms with E-state index in [-0.39, 0.29) is 35.7 Å². The molecule has 3 N–H and O–H groups in total. The largest absolute Gasteiger partial charge is 0.507 e. The van der Waals surface area contributed by atoms with Crippen LogP contribution in [0.15, 0.2) is 34.7 Å². The Labute approximate surface area is 192 Å². The van der Waals surface area contributed by atoms with Crippen LogP contribution in [0.2, 0.25) is 0 Å². The second-order valence-corrected chi connectivity index (χ2v) is 7.92. The van der Waals surface area contributed by atoms with Gasteiger partial charge in [-0.05, 0) is 25.1 Å². The van der Waals surface area contributed by atoms with Crippen molar-refractivity contribution in [1.82, 2.24) is 4.90 Å². The number of hydrogen-bond acceptors (Lipinski definition) is 6. The number of ether oxygens (including phenoxy) is 1. The molecule has 0 unspecified atom stereocenters. The third-order valence-electron chi connectivity index (χ3n) is 5.91. The number of carbonyl (C=O) groups excluding carboxylic acids is 2. The number of nitrogens with two attached hydrogens (primary N) is 1. The van der Waals surface area contributed by atoms with Gasteiger partial charge in [0.1, 0.15) is 17.1 Å². The zero-order valence-corrected chi connectivity index (χ0v) is 18.4. The highest BCUT2D eigenvalue weighted by Crippen LogP contribution is 2.40. The van der Waals surface area contributed by atoms with Crippen molar-refractivity contribution in [2.45, 2.75) is 13.1 Å². The molecule has 0 aliphatic carbocycles. The molecule has 0 atom stereocenters. The van der Waals surface area contributed by atoms with Crippen LogP contribution in [0.3, 0.4) is 0 Å². The van der Waals surface area contributed by atoms with Crippen LogP contribution in [0, 0.1) is 6.92 Å². The summed E-state index contributed by atoms with van der Waals surface area (Å²) in [6.07, 6.45) is -4.44. The summed E-state index contributed by atoms with van der Waals surface area (Å²) in [6.45, 7) is 2.77. The molecule has 11 heteroatoms. The predicted molar refractivity (Wildman–Crippen MR) is 117 cm³/mol. The van der Waals surface area contributed by atoms with Crippen LogP contribution < -0.4 is 15.4 Å². The Morgan fingerprint density at radius 2 is 1.82 bits per heavy atom. The lowest BCUT2D eigenvalue weighted by atomic mass is 10.1. The van der Waals surface area contributed by atoms with Crippen LogP contribution >= 0.6 is 0 Å². The molecule has 1 aliphatic rings.